The summed E-state index contributed by atoms with van der Waals surface area (Å²) in [5.74, 6) is 1.76. The lowest BCUT2D eigenvalue weighted by atomic mass is 9.85. The molecule has 0 radical (unpaired) electrons. The Morgan fingerprint density at radius 3 is 2.53 bits per heavy atom. The van der Waals surface area contributed by atoms with Gasteiger partial charge < -0.3 is 10.1 Å². The van der Waals surface area contributed by atoms with Crippen molar-refractivity contribution < 1.29 is 4.74 Å². The van der Waals surface area contributed by atoms with E-state index in [0.717, 1.165) is 18.1 Å². The molecule has 1 fully saturated rings. The maximum Gasteiger partial charge on any atom is 0.118 e. The van der Waals surface area contributed by atoms with Gasteiger partial charge in [0.2, 0.25) is 0 Å². The van der Waals surface area contributed by atoms with Crippen LogP contribution in [0, 0.1) is 5.92 Å². The van der Waals surface area contributed by atoms with E-state index in [2.05, 4.69) is 31.3 Å². The Kier molecular flexibility index (Phi) is 5.26. The second-order valence-corrected chi connectivity index (χ2v) is 5.99. The van der Waals surface area contributed by atoms with E-state index >= 15 is 0 Å². The fraction of sp³-hybridized carbons (Fsp3) is 0.647. The normalized spacial score (nSPS) is 25.0. The van der Waals surface area contributed by atoms with E-state index in [9.17, 15) is 0 Å². The third-order valence-electron chi connectivity index (χ3n) is 4.31. The predicted molar refractivity (Wildman–Crippen MR) is 80.7 cm³/mol. The van der Waals surface area contributed by atoms with Crippen LogP contribution in [-0.4, -0.2) is 19.2 Å². The molecule has 106 valence electrons. The lowest BCUT2D eigenvalue weighted by Crippen LogP contribution is -2.43. The molecule has 0 amide bonds. The van der Waals surface area contributed by atoms with Crippen LogP contribution in [0.4, 0.5) is 0 Å². The van der Waals surface area contributed by atoms with Crippen LogP contribution in [0.5, 0.6) is 5.75 Å². The topological polar surface area (TPSA) is 21.3 Å². The average molecular weight is 261 g/mol. The van der Waals surface area contributed by atoms with Crippen LogP contribution in [-0.2, 0) is 6.42 Å². The second kappa shape index (κ2) is 6.95. The van der Waals surface area contributed by atoms with Gasteiger partial charge >= 0.3 is 0 Å². The summed E-state index contributed by atoms with van der Waals surface area (Å²) in [6.45, 7) is 4.68. The lowest BCUT2D eigenvalue weighted by molar-refractivity contribution is 0.262. The highest BCUT2D eigenvalue weighted by Gasteiger charge is 2.22. The Balaban J connectivity index is 1.84. The highest BCUT2D eigenvalue weighted by molar-refractivity contribution is 5.27. The zero-order valence-corrected chi connectivity index (χ0v) is 12.5. The number of hydrogen-bond donors (Lipinski definition) is 1. The van der Waals surface area contributed by atoms with Crippen molar-refractivity contribution in [2.45, 2.75) is 58.0 Å². The van der Waals surface area contributed by atoms with E-state index in [1.54, 1.807) is 7.11 Å². The molecule has 2 nitrogen and oxygen atoms in total. The summed E-state index contributed by atoms with van der Waals surface area (Å²) in [5, 5.41) is 3.81. The fourth-order valence-electron chi connectivity index (χ4n) is 3.10. The van der Waals surface area contributed by atoms with Gasteiger partial charge in [-0.05, 0) is 49.8 Å². The van der Waals surface area contributed by atoms with Gasteiger partial charge in [0.1, 0.15) is 5.75 Å². The first-order valence-electron chi connectivity index (χ1n) is 7.58. The minimum Gasteiger partial charge on any atom is -0.497 e. The molecular weight excluding hydrogens is 234 g/mol. The molecule has 3 atom stereocenters. The van der Waals surface area contributed by atoms with Gasteiger partial charge in [-0.25, -0.2) is 0 Å². The van der Waals surface area contributed by atoms with Crippen molar-refractivity contribution in [3.8, 4) is 5.75 Å². The number of nitrogens with one attached hydrogen (secondary N) is 1. The van der Waals surface area contributed by atoms with Crippen LogP contribution in [0.3, 0.4) is 0 Å². The van der Waals surface area contributed by atoms with Gasteiger partial charge in [-0.2, -0.15) is 0 Å². The molecular formula is C17H27NO. The minimum atomic E-state index is 0.541. The Morgan fingerprint density at radius 2 is 1.89 bits per heavy atom. The number of ether oxygens (including phenoxy) is 1. The zero-order chi connectivity index (χ0) is 13.7. The van der Waals surface area contributed by atoms with Gasteiger partial charge in [-0.1, -0.05) is 31.9 Å². The second-order valence-electron chi connectivity index (χ2n) is 5.99. The van der Waals surface area contributed by atoms with Crippen LogP contribution in [0.25, 0.3) is 0 Å². The molecule has 19 heavy (non-hydrogen) atoms. The quantitative estimate of drug-likeness (QED) is 0.870. The van der Waals surface area contributed by atoms with E-state index in [1.807, 2.05) is 12.1 Å². The van der Waals surface area contributed by atoms with Crippen molar-refractivity contribution in [1.29, 1.82) is 0 Å². The fourth-order valence-corrected chi connectivity index (χ4v) is 3.10. The van der Waals surface area contributed by atoms with Crippen LogP contribution in [0.15, 0.2) is 24.3 Å². The monoisotopic (exact) mass is 261 g/mol. The third kappa shape index (κ3) is 4.24. The molecule has 0 heterocycles. The molecule has 1 saturated carbocycles. The van der Waals surface area contributed by atoms with E-state index in [-0.39, 0.29) is 0 Å². The largest absolute Gasteiger partial charge is 0.497 e. The summed E-state index contributed by atoms with van der Waals surface area (Å²) in [6, 6.07) is 9.68. The number of methoxy groups -OCH3 is 1. The van der Waals surface area contributed by atoms with Gasteiger partial charge in [-0.15, -0.1) is 0 Å². The van der Waals surface area contributed by atoms with E-state index in [4.69, 9.17) is 4.74 Å². The van der Waals surface area contributed by atoms with Gasteiger partial charge in [0.25, 0.3) is 0 Å². The van der Waals surface area contributed by atoms with E-state index in [1.165, 1.54) is 31.2 Å². The highest BCUT2D eigenvalue weighted by Crippen LogP contribution is 2.24. The van der Waals surface area contributed by atoms with Gasteiger partial charge in [0.15, 0.2) is 0 Å². The molecule has 1 aromatic carbocycles. The molecule has 0 bridgehead atoms. The molecule has 3 unspecified atom stereocenters. The van der Waals surface area contributed by atoms with Gasteiger partial charge in [0.05, 0.1) is 7.11 Å². The van der Waals surface area contributed by atoms with Crippen molar-refractivity contribution >= 4 is 0 Å². The molecule has 1 aliphatic rings. The van der Waals surface area contributed by atoms with E-state index < -0.39 is 0 Å². The molecule has 0 spiro atoms. The standard InChI is InChI=1S/C17H27NO/c1-13-6-4-5-7-17(13)18-14(2)12-15-8-10-16(19-3)11-9-15/h8-11,13-14,17-18H,4-7,12H2,1-3H3. The maximum absolute atomic E-state index is 5.19. The first-order chi connectivity index (χ1) is 9.19. The van der Waals surface area contributed by atoms with Crippen molar-refractivity contribution in [1.82, 2.24) is 5.32 Å². The summed E-state index contributed by atoms with van der Waals surface area (Å²) >= 11 is 0. The Labute approximate surface area is 117 Å². The Hall–Kier alpha value is -1.02. The van der Waals surface area contributed by atoms with Crippen LogP contribution < -0.4 is 10.1 Å². The SMILES string of the molecule is COc1ccc(CC(C)NC2CCCCC2C)cc1. The van der Waals surface area contributed by atoms with Crippen LogP contribution in [0.1, 0.15) is 45.1 Å². The Bertz CT molecular complexity index is 373. The summed E-state index contributed by atoms with van der Waals surface area (Å²) in [7, 11) is 1.71. The smallest absolute Gasteiger partial charge is 0.118 e. The maximum atomic E-state index is 5.19. The number of rotatable bonds is 5. The Morgan fingerprint density at radius 1 is 1.21 bits per heavy atom. The van der Waals surface area contributed by atoms with Gasteiger partial charge in [-0.3, -0.25) is 0 Å². The van der Waals surface area contributed by atoms with Crippen LogP contribution >= 0.6 is 0 Å². The molecule has 2 heteroatoms. The molecule has 1 aliphatic carbocycles. The zero-order valence-electron chi connectivity index (χ0n) is 12.5. The van der Waals surface area contributed by atoms with Crippen LogP contribution in [0.2, 0.25) is 0 Å². The van der Waals surface area contributed by atoms with E-state index in [0.29, 0.717) is 12.1 Å². The third-order valence-corrected chi connectivity index (χ3v) is 4.31. The molecule has 1 N–H and O–H groups in total. The molecule has 0 aliphatic heterocycles. The van der Waals surface area contributed by atoms with Crippen molar-refractivity contribution in [2.24, 2.45) is 5.92 Å². The van der Waals surface area contributed by atoms with Crippen molar-refractivity contribution in [3.63, 3.8) is 0 Å². The minimum absolute atomic E-state index is 0.541. The highest BCUT2D eigenvalue weighted by atomic mass is 16.5. The molecule has 0 saturated heterocycles. The molecule has 2 rings (SSSR count). The molecule has 1 aromatic rings. The van der Waals surface area contributed by atoms with Crippen molar-refractivity contribution in [3.05, 3.63) is 29.8 Å². The summed E-state index contributed by atoms with van der Waals surface area (Å²) < 4.78 is 5.19. The predicted octanol–water partition coefficient (Wildman–Crippen LogP) is 3.79. The summed E-state index contributed by atoms with van der Waals surface area (Å²) in [5.41, 5.74) is 1.38. The van der Waals surface area contributed by atoms with Crippen molar-refractivity contribution in [2.75, 3.05) is 7.11 Å². The number of hydrogen-bond acceptors (Lipinski definition) is 2. The number of benzene rings is 1. The van der Waals surface area contributed by atoms with Gasteiger partial charge in [0, 0.05) is 12.1 Å². The summed E-state index contributed by atoms with van der Waals surface area (Å²) in [4.78, 5) is 0. The summed E-state index contributed by atoms with van der Waals surface area (Å²) in [6.07, 6.45) is 6.61. The molecule has 0 aromatic heterocycles. The first kappa shape index (κ1) is 14.4. The lowest BCUT2D eigenvalue weighted by Gasteiger charge is -2.32. The average Bonchev–Trinajstić information content (AvgIpc) is 2.42. The first-order valence-corrected chi connectivity index (χ1v) is 7.58.